The van der Waals surface area contributed by atoms with E-state index in [1.807, 2.05) is 0 Å². The smallest absolute Gasteiger partial charge is 0.201 e. The lowest BCUT2D eigenvalue weighted by Gasteiger charge is -1.84. The minimum Gasteiger partial charge on any atom is -0.445 e. The van der Waals surface area contributed by atoms with Gasteiger partial charge in [0, 0.05) is 5.56 Å². The van der Waals surface area contributed by atoms with E-state index in [2.05, 4.69) is 0 Å². The molecule has 1 rings (SSSR count). The van der Waals surface area contributed by atoms with E-state index in [0.717, 1.165) is 5.56 Å². The lowest BCUT2D eigenvalue weighted by atomic mass is 10.2. The van der Waals surface area contributed by atoms with Crippen molar-refractivity contribution in [3.05, 3.63) is 16.9 Å². The molecule has 0 saturated heterocycles. The first-order valence-corrected chi connectivity index (χ1v) is 2.97. The van der Waals surface area contributed by atoms with Crippen LogP contribution in [0.3, 0.4) is 0 Å². The fourth-order valence-electron chi connectivity index (χ4n) is 0.817. The first kappa shape index (κ1) is 6.86. The third kappa shape index (κ3) is 0.795. The number of nitrogen functional groups attached to an aromatic ring is 1. The van der Waals surface area contributed by atoms with Gasteiger partial charge < -0.3 is 10.2 Å². The molecule has 1 aromatic rings. The Balaban J connectivity index is 3.33. The van der Waals surface area contributed by atoms with Crippen LogP contribution in [-0.4, -0.2) is 6.29 Å². The van der Waals surface area contributed by atoms with Gasteiger partial charge in [-0.25, -0.2) is 0 Å². The Morgan fingerprint density at radius 3 is 2.30 bits per heavy atom. The maximum Gasteiger partial charge on any atom is 0.201 e. The summed E-state index contributed by atoms with van der Waals surface area (Å²) < 4.78 is 4.98. The molecule has 0 aliphatic rings. The number of hydrogen-bond acceptors (Lipinski definition) is 3. The van der Waals surface area contributed by atoms with Gasteiger partial charge in [0.15, 0.2) is 6.29 Å². The number of furan rings is 1. The Labute approximate surface area is 58.8 Å². The molecule has 0 aromatic carbocycles. The fraction of sp³-hybridized carbons (Fsp3) is 0.286. The molecule has 54 valence electrons. The fourth-order valence-corrected chi connectivity index (χ4v) is 0.817. The highest BCUT2D eigenvalue weighted by molar-refractivity contribution is 5.83. The Hall–Kier alpha value is -1.25. The first-order chi connectivity index (χ1) is 4.66. The average Bonchev–Trinajstić information content (AvgIpc) is 2.09. The molecule has 10 heavy (non-hydrogen) atoms. The standard InChI is InChI=1S/C7H9NO2/c1-4-5(2)10-7(8)6(4)3-9/h3H,8H2,1-2H3. The monoisotopic (exact) mass is 139 g/mol. The van der Waals surface area contributed by atoms with E-state index in [4.69, 9.17) is 10.2 Å². The molecule has 0 bridgehead atoms. The van der Waals surface area contributed by atoms with E-state index in [0.29, 0.717) is 17.6 Å². The predicted octanol–water partition coefficient (Wildman–Crippen LogP) is 1.29. The SMILES string of the molecule is Cc1oc(N)c(C=O)c1C. The van der Waals surface area contributed by atoms with Gasteiger partial charge in [0.25, 0.3) is 0 Å². The summed E-state index contributed by atoms with van der Waals surface area (Å²) in [6, 6.07) is 0. The highest BCUT2D eigenvalue weighted by Gasteiger charge is 2.09. The number of anilines is 1. The van der Waals surface area contributed by atoms with Crippen LogP contribution in [0.1, 0.15) is 21.7 Å². The van der Waals surface area contributed by atoms with Crippen LogP contribution in [0.25, 0.3) is 0 Å². The Morgan fingerprint density at radius 2 is 2.10 bits per heavy atom. The summed E-state index contributed by atoms with van der Waals surface area (Å²) in [6.45, 7) is 3.58. The minimum atomic E-state index is 0.213. The summed E-state index contributed by atoms with van der Waals surface area (Å²) in [5, 5.41) is 0. The van der Waals surface area contributed by atoms with Crippen LogP contribution in [-0.2, 0) is 0 Å². The Bertz CT molecular complexity index is 263. The summed E-state index contributed by atoms with van der Waals surface area (Å²) in [7, 11) is 0. The highest BCUT2D eigenvalue weighted by Crippen LogP contribution is 2.20. The molecule has 2 N–H and O–H groups in total. The van der Waals surface area contributed by atoms with Crippen molar-refractivity contribution >= 4 is 12.2 Å². The van der Waals surface area contributed by atoms with Gasteiger partial charge in [-0.15, -0.1) is 0 Å². The van der Waals surface area contributed by atoms with Crippen molar-refractivity contribution in [2.45, 2.75) is 13.8 Å². The van der Waals surface area contributed by atoms with E-state index in [1.54, 1.807) is 13.8 Å². The second-order valence-electron chi connectivity index (χ2n) is 2.18. The first-order valence-electron chi connectivity index (χ1n) is 2.97. The Kier molecular flexibility index (Phi) is 1.49. The second kappa shape index (κ2) is 2.17. The molecule has 0 saturated carbocycles. The minimum absolute atomic E-state index is 0.213. The normalized spacial score (nSPS) is 9.80. The van der Waals surface area contributed by atoms with Gasteiger partial charge in [0.1, 0.15) is 5.76 Å². The van der Waals surface area contributed by atoms with Crippen molar-refractivity contribution < 1.29 is 9.21 Å². The van der Waals surface area contributed by atoms with Gasteiger partial charge in [-0.05, 0) is 13.8 Å². The molecule has 0 amide bonds. The van der Waals surface area contributed by atoms with Gasteiger partial charge >= 0.3 is 0 Å². The zero-order valence-electron chi connectivity index (χ0n) is 5.97. The van der Waals surface area contributed by atoms with Crippen LogP contribution in [0.5, 0.6) is 0 Å². The van der Waals surface area contributed by atoms with Crippen molar-refractivity contribution in [2.75, 3.05) is 5.73 Å². The van der Waals surface area contributed by atoms with Crippen LogP contribution >= 0.6 is 0 Å². The van der Waals surface area contributed by atoms with E-state index < -0.39 is 0 Å². The molecular weight excluding hydrogens is 130 g/mol. The molecule has 0 radical (unpaired) electrons. The molecule has 1 heterocycles. The van der Waals surface area contributed by atoms with Crippen molar-refractivity contribution in [1.82, 2.24) is 0 Å². The number of nitrogens with two attached hydrogens (primary N) is 1. The van der Waals surface area contributed by atoms with Crippen LogP contribution in [0.2, 0.25) is 0 Å². The third-order valence-corrected chi connectivity index (χ3v) is 1.58. The second-order valence-corrected chi connectivity index (χ2v) is 2.18. The average molecular weight is 139 g/mol. The summed E-state index contributed by atoms with van der Waals surface area (Å²) in [6.07, 6.45) is 0.709. The number of hydrogen-bond donors (Lipinski definition) is 1. The molecule has 1 aromatic heterocycles. The summed E-state index contributed by atoms with van der Waals surface area (Å²) in [5.74, 6) is 0.921. The molecule has 3 heteroatoms. The molecule has 3 nitrogen and oxygen atoms in total. The van der Waals surface area contributed by atoms with Crippen molar-refractivity contribution in [2.24, 2.45) is 0 Å². The van der Waals surface area contributed by atoms with Crippen LogP contribution in [0.4, 0.5) is 5.88 Å². The molecular formula is C7H9NO2. The van der Waals surface area contributed by atoms with Gasteiger partial charge in [0.2, 0.25) is 5.88 Å². The topological polar surface area (TPSA) is 56.2 Å². The van der Waals surface area contributed by atoms with Gasteiger partial charge in [-0.2, -0.15) is 0 Å². The van der Waals surface area contributed by atoms with Crippen LogP contribution in [0.15, 0.2) is 4.42 Å². The van der Waals surface area contributed by atoms with Crippen LogP contribution in [0, 0.1) is 13.8 Å². The molecule has 0 aliphatic carbocycles. The van der Waals surface area contributed by atoms with Gasteiger partial charge in [0.05, 0.1) is 5.56 Å². The predicted molar refractivity (Wildman–Crippen MR) is 38.0 cm³/mol. The van der Waals surface area contributed by atoms with E-state index in [9.17, 15) is 4.79 Å². The number of aryl methyl sites for hydroxylation is 1. The number of rotatable bonds is 1. The molecule has 0 spiro atoms. The lowest BCUT2D eigenvalue weighted by molar-refractivity contribution is 0.112. The maximum atomic E-state index is 10.3. The summed E-state index contributed by atoms with van der Waals surface area (Å²) in [5.41, 5.74) is 6.65. The summed E-state index contributed by atoms with van der Waals surface area (Å²) in [4.78, 5) is 10.3. The molecule has 0 atom stereocenters. The molecule has 0 unspecified atom stereocenters. The molecule has 0 aliphatic heterocycles. The largest absolute Gasteiger partial charge is 0.445 e. The molecule has 0 fully saturated rings. The van der Waals surface area contributed by atoms with Crippen molar-refractivity contribution in [1.29, 1.82) is 0 Å². The maximum absolute atomic E-state index is 10.3. The van der Waals surface area contributed by atoms with Crippen molar-refractivity contribution in [3.8, 4) is 0 Å². The van der Waals surface area contributed by atoms with Gasteiger partial charge in [-0.3, -0.25) is 4.79 Å². The zero-order valence-corrected chi connectivity index (χ0v) is 5.97. The summed E-state index contributed by atoms with van der Waals surface area (Å²) >= 11 is 0. The number of carbonyl (C=O) groups is 1. The zero-order chi connectivity index (χ0) is 7.72. The number of carbonyl (C=O) groups excluding carboxylic acids is 1. The van der Waals surface area contributed by atoms with Crippen molar-refractivity contribution in [3.63, 3.8) is 0 Å². The highest BCUT2D eigenvalue weighted by atomic mass is 16.4. The van der Waals surface area contributed by atoms with E-state index >= 15 is 0 Å². The van der Waals surface area contributed by atoms with E-state index in [-0.39, 0.29) is 5.88 Å². The van der Waals surface area contributed by atoms with Crippen LogP contribution < -0.4 is 5.73 Å². The third-order valence-electron chi connectivity index (χ3n) is 1.58. The lowest BCUT2D eigenvalue weighted by Crippen LogP contribution is -1.88. The Morgan fingerprint density at radius 1 is 1.50 bits per heavy atom. The van der Waals surface area contributed by atoms with E-state index in [1.165, 1.54) is 0 Å². The van der Waals surface area contributed by atoms with Gasteiger partial charge in [-0.1, -0.05) is 0 Å². The number of aldehydes is 1. The quantitative estimate of drug-likeness (QED) is 0.596.